The van der Waals surface area contributed by atoms with Crippen LogP contribution in [0.1, 0.15) is 49.0 Å². The van der Waals surface area contributed by atoms with Gasteiger partial charge in [0.15, 0.2) is 0 Å². The molecule has 4 nitrogen and oxygen atoms in total. The summed E-state index contributed by atoms with van der Waals surface area (Å²) in [6, 6.07) is 2.70. The highest BCUT2D eigenvalue weighted by Gasteiger charge is 2.21. The van der Waals surface area contributed by atoms with E-state index in [0.717, 1.165) is 19.3 Å². The van der Waals surface area contributed by atoms with E-state index in [0.29, 0.717) is 5.56 Å². The van der Waals surface area contributed by atoms with Gasteiger partial charge < -0.3 is 5.32 Å². The Bertz CT molecular complexity index is 629. The summed E-state index contributed by atoms with van der Waals surface area (Å²) in [5, 5.41) is 3.00. The highest BCUT2D eigenvalue weighted by Crippen LogP contribution is 2.27. The van der Waals surface area contributed by atoms with Crippen molar-refractivity contribution in [1.82, 2.24) is 5.32 Å². The van der Waals surface area contributed by atoms with Gasteiger partial charge in [0.1, 0.15) is 0 Å². The van der Waals surface area contributed by atoms with Gasteiger partial charge in [-0.25, -0.2) is 8.42 Å². The van der Waals surface area contributed by atoms with E-state index in [-0.39, 0.29) is 27.4 Å². The van der Waals surface area contributed by atoms with E-state index in [4.69, 9.17) is 22.3 Å². The molecular formula is C14H19Cl2NO3S. The van der Waals surface area contributed by atoms with Gasteiger partial charge in [-0.15, -0.1) is 0 Å². The van der Waals surface area contributed by atoms with Crippen LogP contribution in [-0.4, -0.2) is 20.4 Å². The Morgan fingerprint density at radius 2 is 2.00 bits per heavy atom. The zero-order valence-electron chi connectivity index (χ0n) is 12.2. The van der Waals surface area contributed by atoms with Crippen LogP contribution in [0, 0.1) is 6.92 Å². The number of carbonyl (C=O) groups excluding carboxylic acids is 1. The number of rotatable bonds is 6. The first kappa shape index (κ1) is 18.3. The van der Waals surface area contributed by atoms with Crippen molar-refractivity contribution in [2.24, 2.45) is 0 Å². The predicted octanol–water partition coefficient (Wildman–Crippen LogP) is 3.88. The van der Waals surface area contributed by atoms with Gasteiger partial charge in [0.25, 0.3) is 15.0 Å². The van der Waals surface area contributed by atoms with Gasteiger partial charge in [-0.2, -0.15) is 0 Å². The molecule has 1 N–H and O–H groups in total. The molecule has 1 rings (SSSR count). The molecule has 0 heterocycles. The Morgan fingerprint density at radius 3 is 2.52 bits per heavy atom. The molecule has 0 saturated carbocycles. The van der Waals surface area contributed by atoms with Crippen LogP contribution in [0.15, 0.2) is 17.0 Å². The lowest BCUT2D eigenvalue weighted by atomic mass is 10.1. The molecule has 0 spiro atoms. The molecule has 0 aliphatic heterocycles. The maximum atomic E-state index is 12.3. The number of amides is 1. The summed E-state index contributed by atoms with van der Waals surface area (Å²) in [5.74, 6) is -0.347. The van der Waals surface area contributed by atoms with Gasteiger partial charge >= 0.3 is 0 Å². The molecule has 0 saturated heterocycles. The van der Waals surface area contributed by atoms with E-state index in [1.165, 1.54) is 19.1 Å². The first-order chi connectivity index (χ1) is 9.66. The number of hydrogen-bond donors (Lipinski definition) is 1. The smallest absolute Gasteiger partial charge is 0.261 e. The first-order valence-corrected chi connectivity index (χ1v) is 9.41. The van der Waals surface area contributed by atoms with Crippen molar-refractivity contribution >= 4 is 37.2 Å². The Kier molecular flexibility index (Phi) is 6.50. The summed E-state index contributed by atoms with van der Waals surface area (Å²) in [7, 11) is 1.42. The fourth-order valence-corrected chi connectivity index (χ4v) is 3.53. The fourth-order valence-electron chi connectivity index (χ4n) is 2.03. The second kappa shape index (κ2) is 7.47. The van der Waals surface area contributed by atoms with Crippen molar-refractivity contribution in [2.75, 3.05) is 0 Å². The van der Waals surface area contributed by atoms with Crippen LogP contribution in [-0.2, 0) is 9.05 Å². The number of unbranched alkanes of at least 4 members (excludes halogenated alkanes) is 1. The third kappa shape index (κ3) is 5.16. The minimum Gasteiger partial charge on any atom is -0.350 e. The summed E-state index contributed by atoms with van der Waals surface area (Å²) in [6.07, 6.45) is 2.92. The molecule has 0 fully saturated rings. The number of hydrogen-bond acceptors (Lipinski definition) is 3. The highest BCUT2D eigenvalue weighted by atomic mass is 35.7. The molecular weight excluding hydrogens is 333 g/mol. The van der Waals surface area contributed by atoms with Crippen LogP contribution in [0.2, 0.25) is 5.02 Å². The quantitative estimate of drug-likeness (QED) is 0.790. The Morgan fingerprint density at radius 1 is 1.38 bits per heavy atom. The van der Waals surface area contributed by atoms with Crippen molar-refractivity contribution < 1.29 is 13.2 Å². The molecule has 1 amide bonds. The second-order valence-electron chi connectivity index (χ2n) is 5.03. The molecule has 118 valence electrons. The predicted molar refractivity (Wildman–Crippen MR) is 85.7 cm³/mol. The molecule has 21 heavy (non-hydrogen) atoms. The van der Waals surface area contributed by atoms with Crippen molar-refractivity contribution in [3.8, 4) is 0 Å². The van der Waals surface area contributed by atoms with E-state index in [1.54, 1.807) is 0 Å². The molecule has 0 aromatic heterocycles. The highest BCUT2D eigenvalue weighted by molar-refractivity contribution is 8.13. The van der Waals surface area contributed by atoms with E-state index in [9.17, 15) is 13.2 Å². The van der Waals surface area contributed by atoms with Crippen molar-refractivity contribution in [2.45, 2.75) is 51.0 Å². The van der Waals surface area contributed by atoms with E-state index < -0.39 is 9.05 Å². The molecule has 1 unspecified atom stereocenters. The van der Waals surface area contributed by atoms with Crippen molar-refractivity contribution in [3.63, 3.8) is 0 Å². The largest absolute Gasteiger partial charge is 0.350 e. The monoisotopic (exact) mass is 351 g/mol. The second-order valence-corrected chi connectivity index (χ2v) is 8.00. The van der Waals surface area contributed by atoms with Crippen LogP contribution < -0.4 is 5.32 Å². The van der Waals surface area contributed by atoms with Crippen LogP contribution >= 0.6 is 22.3 Å². The Labute approximate surface area is 135 Å². The summed E-state index contributed by atoms with van der Waals surface area (Å²) in [6.45, 7) is 5.52. The van der Waals surface area contributed by atoms with Crippen LogP contribution in [0.3, 0.4) is 0 Å². The minimum absolute atomic E-state index is 0.00638. The number of nitrogens with one attached hydrogen (secondary N) is 1. The first-order valence-electron chi connectivity index (χ1n) is 6.72. The maximum Gasteiger partial charge on any atom is 0.261 e. The molecule has 0 bridgehead atoms. The molecule has 1 aromatic carbocycles. The van der Waals surface area contributed by atoms with Crippen LogP contribution in [0.25, 0.3) is 0 Å². The number of benzene rings is 1. The topological polar surface area (TPSA) is 63.2 Å². The van der Waals surface area contributed by atoms with Crippen molar-refractivity contribution in [3.05, 3.63) is 28.3 Å². The van der Waals surface area contributed by atoms with Gasteiger partial charge in [0.2, 0.25) is 0 Å². The van der Waals surface area contributed by atoms with Gasteiger partial charge in [-0.05, 0) is 38.0 Å². The zero-order valence-corrected chi connectivity index (χ0v) is 14.6. The van der Waals surface area contributed by atoms with Crippen molar-refractivity contribution in [1.29, 1.82) is 0 Å². The molecule has 0 radical (unpaired) electrons. The summed E-state index contributed by atoms with van der Waals surface area (Å²) in [5.41, 5.74) is 0.527. The Balaban J connectivity index is 3.08. The third-order valence-electron chi connectivity index (χ3n) is 3.20. The minimum atomic E-state index is -3.95. The average Bonchev–Trinajstić information content (AvgIpc) is 2.37. The molecule has 0 aliphatic rings. The van der Waals surface area contributed by atoms with Gasteiger partial charge in [0.05, 0.1) is 4.90 Å². The number of halogens is 2. The normalized spacial score (nSPS) is 13.0. The van der Waals surface area contributed by atoms with Crippen LogP contribution in [0.4, 0.5) is 0 Å². The lowest BCUT2D eigenvalue weighted by Gasteiger charge is -2.15. The van der Waals surface area contributed by atoms with Crippen LogP contribution in [0.5, 0.6) is 0 Å². The van der Waals surface area contributed by atoms with Gasteiger partial charge in [0, 0.05) is 27.3 Å². The Hall–Kier alpha value is -0.780. The number of carbonyl (C=O) groups is 1. The molecule has 1 aromatic rings. The van der Waals surface area contributed by atoms with E-state index in [1.807, 2.05) is 6.92 Å². The zero-order chi connectivity index (χ0) is 16.2. The SMILES string of the molecule is CCCCC(C)NC(=O)c1cc(Cl)cc(S(=O)(=O)Cl)c1C. The average molecular weight is 352 g/mol. The molecule has 7 heteroatoms. The third-order valence-corrected chi connectivity index (χ3v) is 4.87. The van der Waals surface area contributed by atoms with Gasteiger partial charge in [-0.1, -0.05) is 31.4 Å². The lowest BCUT2D eigenvalue weighted by molar-refractivity contribution is 0.0937. The van der Waals surface area contributed by atoms with E-state index >= 15 is 0 Å². The van der Waals surface area contributed by atoms with Gasteiger partial charge in [-0.3, -0.25) is 4.79 Å². The maximum absolute atomic E-state index is 12.3. The fraction of sp³-hybridized carbons (Fsp3) is 0.500. The lowest BCUT2D eigenvalue weighted by Crippen LogP contribution is -2.33. The van der Waals surface area contributed by atoms with E-state index in [2.05, 4.69) is 12.2 Å². The molecule has 1 atom stereocenters. The summed E-state index contributed by atoms with van der Waals surface area (Å²) < 4.78 is 23.0. The summed E-state index contributed by atoms with van der Waals surface area (Å²) in [4.78, 5) is 12.1. The molecule has 0 aliphatic carbocycles. The summed E-state index contributed by atoms with van der Waals surface area (Å²) >= 11 is 5.89. The standard InChI is InChI=1S/C14H19Cl2NO3S/c1-4-5-6-9(2)17-14(18)12-7-11(15)8-13(10(12)3)21(16,19)20/h7-9H,4-6H2,1-3H3,(H,17,18).